The zero-order valence-electron chi connectivity index (χ0n) is 15.6. The van der Waals surface area contributed by atoms with Crippen molar-refractivity contribution < 1.29 is 5.11 Å². The van der Waals surface area contributed by atoms with E-state index in [4.69, 9.17) is 10.8 Å². The molecule has 1 fully saturated rings. The first kappa shape index (κ1) is 18.0. The van der Waals surface area contributed by atoms with Crippen molar-refractivity contribution in [3.05, 3.63) is 52.8 Å². The molecule has 5 heteroatoms. The summed E-state index contributed by atoms with van der Waals surface area (Å²) < 4.78 is 0. The standard InChI is InChI=1S/C22H26N4O/c23-21-24-14-19-9-11-22(20(19)25-21)10-3-12-26(16-22)15-18-7-5-17(6-8-18)4-1-2-13-27/h5-8,14,27H,2-3,9-13,15-16H2,(H2,23,24,25). The van der Waals surface area contributed by atoms with Crippen LogP contribution in [-0.2, 0) is 18.4 Å². The van der Waals surface area contributed by atoms with Crippen molar-refractivity contribution in [1.29, 1.82) is 0 Å². The third-order valence-corrected chi connectivity index (χ3v) is 5.74. The van der Waals surface area contributed by atoms with Gasteiger partial charge in [0.05, 0.1) is 12.3 Å². The lowest BCUT2D eigenvalue weighted by Crippen LogP contribution is -2.45. The largest absolute Gasteiger partial charge is 0.395 e. The van der Waals surface area contributed by atoms with Gasteiger partial charge in [-0.05, 0) is 55.5 Å². The molecule has 1 unspecified atom stereocenters. The van der Waals surface area contributed by atoms with E-state index in [0.29, 0.717) is 12.4 Å². The van der Waals surface area contributed by atoms with Gasteiger partial charge >= 0.3 is 0 Å². The summed E-state index contributed by atoms with van der Waals surface area (Å²) in [5, 5.41) is 8.81. The maximum Gasteiger partial charge on any atom is 0.220 e. The highest BCUT2D eigenvalue weighted by molar-refractivity contribution is 5.38. The van der Waals surface area contributed by atoms with Crippen LogP contribution in [0.25, 0.3) is 0 Å². The molecule has 2 heterocycles. The van der Waals surface area contributed by atoms with E-state index in [1.54, 1.807) is 0 Å². The summed E-state index contributed by atoms with van der Waals surface area (Å²) in [6.45, 7) is 3.22. The van der Waals surface area contributed by atoms with E-state index in [0.717, 1.165) is 38.0 Å². The van der Waals surface area contributed by atoms with Crippen LogP contribution in [0.1, 0.15) is 48.1 Å². The summed E-state index contributed by atoms with van der Waals surface area (Å²) in [7, 11) is 0. The van der Waals surface area contributed by atoms with Gasteiger partial charge in [-0.3, -0.25) is 4.90 Å². The molecule has 4 rings (SSSR count). The number of likely N-dealkylation sites (tertiary alicyclic amines) is 1. The predicted octanol–water partition coefficient (Wildman–Crippen LogP) is 2.27. The van der Waals surface area contributed by atoms with E-state index in [1.807, 2.05) is 6.20 Å². The van der Waals surface area contributed by atoms with Crippen molar-refractivity contribution in [3.63, 3.8) is 0 Å². The van der Waals surface area contributed by atoms with Crippen molar-refractivity contribution >= 4 is 5.95 Å². The Bertz CT molecular complexity index is 864. The summed E-state index contributed by atoms with van der Waals surface area (Å²) in [4.78, 5) is 11.3. The molecule has 1 spiro atoms. The van der Waals surface area contributed by atoms with E-state index < -0.39 is 0 Å². The third-order valence-electron chi connectivity index (χ3n) is 5.74. The number of piperidine rings is 1. The topological polar surface area (TPSA) is 75.3 Å². The van der Waals surface area contributed by atoms with Crippen molar-refractivity contribution in [1.82, 2.24) is 14.9 Å². The van der Waals surface area contributed by atoms with Crippen LogP contribution < -0.4 is 5.73 Å². The number of hydrogen-bond acceptors (Lipinski definition) is 5. The smallest absolute Gasteiger partial charge is 0.220 e. The molecular formula is C22H26N4O. The molecule has 140 valence electrons. The number of aromatic nitrogens is 2. The van der Waals surface area contributed by atoms with Crippen LogP contribution in [-0.4, -0.2) is 39.7 Å². The monoisotopic (exact) mass is 362 g/mol. The Labute approximate surface area is 160 Å². The highest BCUT2D eigenvalue weighted by atomic mass is 16.2. The van der Waals surface area contributed by atoms with E-state index in [9.17, 15) is 0 Å². The molecule has 1 aliphatic carbocycles. The van der Waals surface area contributed by atoms with Crippen LogP contribution in [0.5, 0.6) is 0 Å². The minimum absolute atomic E-state index is 0.113. The number of nitrogens with two attached hydrogens (primary N) is 1. The number of aliphatic hydroxyl groups excluding tert-OH is 1. The molecule has 27 heavy (non-hydrogen) atoms. The highest BCUT2D eigenvalue weighted by Gasteiger charge is 2.43. The second kappa shape index (κ2) is 7.67. The molecular weight excluding hydrogens is 336 g/mol. The van der Waals surface area contributed by atoms with Gasteiger partial charge < -0.3 is 10.8 Å². The molecule has 0 saturated carbocycles. The molecule has 1 saturated heterocycles. The summed E-state index contributed by atoms with van der Waals surface area (Å²) >= 11 is 0. The lowest BCUT2D eigenvalue weighted by Gasteiger charge is -2.40. The molecule has 5 nitrogen and oxygen atoms in total. The number of benzene rings is 1. The lowest BCUT2D eigenvalue weighted by molar-refractivity contribution is 0.137. The van der Waals surface area contributed by atoms with Gasteiger partial charge in [-0.1, -0.05) is 24.0 Å². The number of anilines is 1. The van der Waals surface area contributed by atoms with E-state index in [1.165, 1.54) is 29.7 Å². The Morgan fingerprint density at radius 3 is 2.89 bits per heavy atom. The predicted molar refractivity (Wildman–Crippen MR) is 106 cm³/mol. The zero-order chi connectivity index (χ0) is 18.7. The molecule has 1 aromatic heterocycles. The van der Waals surface area contributed by atoms with Crippen molar-refractivity contribution in [2.45, 2.75) is 44.1 Å². The molecule has 1 aromatic carbocycles. The number of nitrogens with zero attached hydrogens (tertiary/aromatic N) is 3. The van der Waals surface area contributed by atoms with Crippen LogP contribution in [0.4, 0.5) is 5.95 Å². The van der Waals surface area contributed by atoms with Gasteiger partial charge in [-0.15, -0.1) is 0 Å². The Balaban J connectivity index is 1.46. The molecule has 3 N–H and O–H groups in total. The summed E-state index contributed by atoms with van der Waals surface area (Å²) in [6, 6.07) is 8.45. The quantitative estimate of drug-likeness (QED) is 0.820. The zero-order valence-corrected chi connectivity index (χ0v) is 15.6. The summed E-state index contributed by atoms with van der Waals surface area (Å²) in [5.74, 6) is 6.44. The average Bonchev–Trinajstić information content (AvgIpc) is 3.01. The van der Waals surface area contributed by atoms with Gasteiger partial charge in [-0.25, -0.2) is 9.97 Å². The van der Waals surface area contributed by atoms with Gasteiger partial charge in [0.25, 0.3) is 0 Å². The molecule has 1 atom stereocenters. The summed E-state index contributed by atoms with van der Waals surface area (Å²) in [5.41, 5.74) is 10.8. The van der Waals surface area contributed by atoms with Crippen LogP contribution in [0.2, 0.25) is 0 Å². The second-order valence-corrected chi connectivity index (χ2v) is 7.67. The van der Waals surface area contributed by atoms with E-state index >= 15 is 0 Å². The molecule has 1 aliphatic heterocycles. The number of aliphatic hydroxyl groups is 1. The molecule has 0 radical (unpaired) electrons. The number of hydrogen-bond donors (Lipinski definition) is 2. The van der Waals surface area contributed by atoms with Crippen molar-refractivity contribution in [3.8, 4) is 11.8 Å². The first-order valence-corrected chi connectivity index (χ1v) is 9.71. The van der Waals surface area contributed by atoms with E-state index in [2.05, 4.69) is 51.0 Å². The van der Waals surface area contributed by atoms with Crippen LogP contribution in [0, 0.1) is 11.8 Å². The molecule has 0 bridgehead atoms. The SMILES string of the molecule is Nc1ncc2c(n1)C1(CCCN(Cc3ccc(C#CCCO)cc3)C1)CC2. The Kier molecular flexibility index (Phi) is 5.11. The van der Waals surface area contributed by atoms with Crippen molar-refractivity contribution in [2.75, 3.05) is 25.4 Å². The highest BCUT2D eigenvalue weighted by Crippen LogP contribution is 2.44. The van der Waals surface area contributed by atoms with Crippen LogP contribution in [0.15, 0.2) is 30.5 Å². The fourth-order valence-corrected chi connectivity index (χ4v) is 4.49. The fourth-order valence-electron chi connectivity index (χ4n) is 4.49. The molecule has 0 amide bonds. The minimum Gasteiger partial charge on any atom is -0.395 e. The van der Waals surface area contributed by atoms with Crippen molar-refractivity contribution in [2.24, 2.45) is 0 Å². The fraction of sp³-hybridized carbons (Fsp3) is 0.455. The number of fused-ring (bicyclic) bond motifs is 2. The molecule has 2 aromatic rings. The Morgan fingerprint density at radius 2 is 2.07 bits per heavy atom. The Morgan fingerprint density at radius 1 is 1.22 bits per heavy atom. The van der Waals surface area contributed by atoms with Gasteiger partial charge in [0.15, 0.2) is 0 Å². The normalized spacial score (nSPS) is 21.7. The van der Waals surface area contributed by atoms with Gasteiger partial charge in [-0.2, -0.15) is 0 Å². The summed E-state index contributed by atoms with van der Waals surface area (Å²) in [6.07, 6.45) is 7.02. The van der Waals surface area contributed by atoms with Crippen LogP contribution >= 0.6 is 0 Å². The number of aryl methyl sites for hydroxylation is 1. The Hall–Kier alpha value is -2.42. The van der Waals surface area contributed by atoms with Crippen LogP contribution in [0.3, 0.4) is 0 Å². The van der Waals surface area contributed by atoms with Gasteiger partial charge in [0.1, 0.15) is 0 Å². The second-order valence-electron chi connectivity index (χ2n) is 7.67. The van der Waals surface area contributed by atoms with Gasteiger partial charge in [0.2, 0.25) is 5.95 Å². The first-order valence-electron chi connectivity index (χ1n) is 9.71. The minimum atomic E-state index is 0.113. The average molecular weight is 362 g/mol. The van der Waals surface area contributed by atoms with E-state index in [-0.39, 0.29) is 12.0 Å². The third kappa shape index (κ3) is 3.83. The lowest BCUT2D eigenvalue weighted by atomic mass is 9.77. The first-order chi connectivity index (χ1) is 13.2. The number of rotatable bonds is 3. The number of nitrogen functional groups attached to an aromatic ring is 1. The maximum atomic E-state index is 8.81. The maximum absolute atomic E-state index is 8.81. The van der Waals surface area contributed by atoms with Gasteiger partial charge in [0, 0.05) is 36.7 Å². The molecule has 2 aliphatic rings.